The van der Waals surface area contributed by atoms with Crippen LogP contribution < -0.4 is 0 Å². The van der Waals surface area contributed by atoms with E-state index in [0.29, 0.717) is 19.4 Å². The first kappa shape index (κ1) is 52.8. The van der Waals surface area contributed by atoms with Crippen molar-refractivity contribution in [2.75, 3.05) is 19.8 Å². The van der Waals surface area contributed by atoms with Crippen LogP contribution in [-0.2, 0) is 23.8 Å². The maximum absolute atomic E-state index is 12.5. The molecule has 0 aromatic carbocycles. The Labute approximate surface area is 345 Å². The molecule has 0 saturated carbocycles. The predicted octanol–water partition coefficient (Wildman–Crippen LogP) is 15.1. The highest BCUT2D eigenvalue weighted by atomic mass is 16.6. The third-order valence-corrected chi connectivity index (χ3v) is 9.12. The summed E-state index contributed by atoms with van der Waals surface area (Å²) in [6, 6.07) is 0. The van der Waals surface area contributed by atoms with Gasteiger partial charge in [0.25, 0.3) is 0 Å². The molecule has 0 radical (unpaired) electrons. The standard InChI is InChI=1S/C51H84O5/c1-4-7-10-13-15-17-19-21-23-25-27-29-31-33-35-37-40-43-46-54-47-49(56-51(53)45-42-38-12-9-6-3)48-55-50(52)44-41-39-36-34-32-30-28-26-24-22-20-18-16-14-11-8-5-2/h7-8,10-11,15-18,21-24,28,30,34,36,49H,4-6,9,12-14,19-20,25-27,29,31-33,35,37-48H2,1-3H3/b10-7-,11-8-,17-15-,18-16-,23-21-,24-22-,30-28-,36-34-. The number of rotatable bonds is 40. The Morgan fingerprint density at radius 3 is 1.34 bits per heavy atom. The SMILES string of the molecule is CC/C=C\C/C=C\C/C=C\C/C=C\C/C=C\CCCC(=O)OCC(COCCCCCCCCCC/C=C\C/C=C\C/C=C\CC)OC(=O)CCCCCCC. The molecule has 1 atom stereocenters. The highest BCUT2D eigenvalue weighted by Gasteiger charge is 2.17. The van der Waals surface area contributed by atoms with Gasteiger partial charge in [-0.1, -0.05) is 182 Å². The molecule has 5 heteroatoms. The number of carbonyl (C=O) groups excluding carboxylic acids is 2. The molecule has 1 unspecified atom stereocenters. The van der Waals surface area contributed by atoms with Gasteiger partial charge in [0.1, 0.15) is 6.61 Å². The van der Waals surface area contributed by atoms with E-state index in [0.717, 1.165) is 96.3 Å². The molecule has 5 nitrogen and oxygen atoms in total. The Hall–Kier alpha value is -3.18. The summed E-state index contributed by atoms with van der Waals surface area (Å²) in [4.78, 5) is 25.0. The fourth-order valence-corrected chi connectivity index (χ4v) is 5.79. The second-order valence-corrected chi connectivity index (χ2v) is 14.5. The highest BCUT2D eigenvalue weighted by Crippen LogP contribution is 2.12. The zero-order valence-corrected chi connectivity index (χ0v) is 36.4. The molecule has 0 aliphatic rings. The van der Waals surface area contributed by atoms with Crippen molar-refractivity contribution in [3.63, 3.8) is 0 Å². The van der Waals surface area contributed by atoms with E-state index in [1.807, 2.05) is 0 Å². The van der Waals surface area contributed by atoms with Crippen molar-refractivity contribution in [2.24, 2.45) is 0 Å². The molecule has 318 valence electrons. The van der Waals surface area contributed by atoms with Gasteiger partial charge in [-0.3, -0.25) is 9.59 Å². The van der Waals surface area contributed by atoms with Crippen molar-refractivity contribution < 1.29 is 23.8 Å². The average molecular weight is 777 g/mol. The smallest absolute Gasteiger partial charge is 0.306 e. The molecule has 0 amide bonds. The average Bonchev–Trinajstić information content (AvgIpc) is 3.20. The lowest BCUT2D eigenvalue weighted by Crippen LogP contribution is -2.30. The maximum atomic E-state index is 12.5. The summed E-state index contributed by atoms with van der Waals surface area (Å²) in [5.41, 5.74) is 0. The summed E-state index contributed by atoms with van der Waals surface area (Å²) in [6.07, 6.45) is 61.6. The maximum Gasteiger partial charge on any atom is 0.306 e. The van der Waals surface area contributed by atoms with Crippen molar-refractivity contribution >= 4 is 11.9 Å². The predicted molar refractivity (Wildman–Crippen MR) is 242 cm³/mol. The molecule has 0 aliphatic heterocycles. The van der Waals surface area contributed by atoms with Crippen LogP contribution in [0.1, 0.15) is 188 Å². The van der Waals surface area contributed by atoms with Gasteiger partial charge in [-0.2, -0.15) is 0 Å². The summed E-state index contributed by atoms with van der Waals surface area (Å²) < 4.78 is 17.1. The number of allylic oxidation sites excluding steroid dienone is 16. The lowest BCUT2D eigenvalue weighted by atomic mass is 10.1. The Bertz CT molecular complexity index is 1110. The summed E-state index contributed by atoms with van der Waals surface area (Å²) in [6.45, 7) is 7.43. The van der Waals surface area contributed by atoms with Crippen LogP contribution in [0.3, 0.4) is 0 Å². The van der Waals surface area contributed by atoms with Crippen molar-refractivity contribution in [2.45, 2.75) is 194 Å². The van der Waals surface area contributed by atoms with Crippen LogP contribution in [0.25, 0.3) is 0 Å². The summed E-state index contributed by atoms with van der Waals surface area (Å²) >= 11 is 0. The van der Waals surface area contributed by atoms with E-state index >= 15 is 0 Å². The molecule has 0 N–H and O–H groups in total. The van der Waals surface area contributed by atoms with Crippen LogP contribution in [0.15, 0.2) is 97.2 Å². The molecule has 56 heavy (non-hydrogen) atoms. The topological polar surface area (TPSA) is 61.8 Å². The van der Waals surface area contributed by atoms with Gasteiger partial charge >= 0.3 is 11.9 Å². The second-order valence-electron chi connectivity index (χ2n) is 14.5. The Balaban J connectivity index is 4.17. The summed E-state index contributed by atoms with van der Waals surface area (Å²) in [5.74, 6) is -0.489. The van der Waals surface area contributed by atoms with Crippen LogP contribution in [-0.4, -0.2) is 37.9 Å². The van der Waals surface area contributed by atoms with E-state index in [2.05, 4.69) is 118 Å². The lowest BCUT2D eigenvalue weighted by molar-refractivity contribution is -0.163. The molecule has 0 aromatic rings. The number of hydrogen-bond acceptors (Lipinski definition) is 5. The number of esters is 2. The van der Waals surface area contributed by atoms with E-state index in [-0.39, 0.29) is 25.2 Å². The third-order valence-electron chi connectivity index (χ3n) is 9.12. The van der Waals surface area contributed by atoms with Gasteiger partial charge in [0.15, 0.2) is 6.10 Å². The lowest BCUT2D eigenvalue weighted by Gasteiger charge is -2.18. The monoisotopic (exact) mass is 777 g/mol. The molecule has 0 spiro atoms. The first-order valence-corrected chi connectivity index (χ1v) is 22.8. The number of unbranched alkanes of at least 4 members (excludes halogenated alkanes) is 13. The van der Waals surface area contributed by atoms with Gasteiger partial charge in [-0.25, -0.2) is 0 Å². The first-order chi connectivity index (χ1) is 27.6. The fourth-order valence-electron chi connectivity index (χ4n) is 5.79. The highest BCUT2D eigenvalue weighted by molar-refractivity contribution is 5.70. The van der Waals surface area contributed by atoms with Gasteiger partial charge < -0.3 is 14.2 Å². The molecular weight excluding hydrogens is 693 g/mol. The van der Waals surface area contributed by atoms with Crippen LogP contribution in [0, 0.1) is 0 Å². The van der Waals surface area contributed by atoms with Gasteiger partial charge in [0.2, 0.25) is 0 Å². The molecule has 0 aromatic heterocycles. The third kappa shape index (κ3) is 43.5. The number of ether oxygens (including phenoxy) is 3. The summed E-state index contributed by atoms with van der Waals surface area (Å²) in [5, 5.41) is 0. The first-order valence-electron chi connectivity index (χ1n) is 22.8. The zero-order valence-electron chi connectivity index (χ0n) is 36.4. The quantitative estimate of drug-likeness (QED) is 0.0352. The van der Waals surface area contributed by atoms with E-state index < -0.39 is 6.10 Å². The Morgan fingerprint density at radius 1 is 0.411 bits per heavy atom. The van der Waals surface area contributed by atoms with E-state index in [9.17, 15) is 9.59 Å². The van der Waals surface area contributed by atoms with Gasteiger partial charge in [-0.15, -0.1) is 0 Å². The van der Waals surface area contributed by atoms with E-state index in [4.69, 9.17) is 14.2 Å². The largest absolute Gasteiger partial charge is 0.462 e. The van der Waals surface area contributed by atoms with Gasteiger partial charge in [0, 0.05) is 19.4 Å². The van der Waals surface area contributed by atoms with Crippen molar-refractivity contribution in [3.8, 4) is 0 Å². The second kappa shape index (κ2) is 46.2. The minimum absolute atomic E-state index is 0.0475. The van der Waals surface area contributed by atoms with Gasteiger partial charge in [-0.05, 0) is 89.9 Å². The molecule has 0 saturated heterocycles. The Kier molecular flexibility index (Phi) is 43.6. The molecule has 0 rings (SSSR count). The summed E-state index contributed by atoms with van der Waals surface area (Å²) in [7, 11) is 0. The molecule has 0 bridgehead atoms. The molecule has 0 fully saturated rings. The van der Waals surface area contributed by atoms with Crippen LogP contribution in [0.5, 0.6) is 0 Å². The fraction of sp³-hybridized carbons (Fsp3) is 0.647. The van der Waals surface area contributed by atoms with E-state index in [1.165, 1.54) is 57.8 Å². The normalized spacial score (nSPS) is 13.1. The van der Waals surface area contributed by atoms with Crippen molar-refractivity contribution in [1.29, 1.82) is 0 Å². The number of hydrogen-bond donors (Lipinski definition) is 0. The van der Waals surface area contributed by atoms with Crippen LogP contribution in [0.2, 0.25) is 0 Å². The van der Waals surface area contributed by atoms with E-state index in [1.54, 1.807) is 0 Å². The van der Waals surface area contributed by atoms with Crippen LogP contribution >= 0.6 is 0 Å². The van der Waals surface area contributed by atoms with Crippen molar-refractivity contribution in [3.05, 3.63) is 97.2 Å². The minimum atomic E-state index is -0.563. The number of carbonyl (C=O) groups is 2. The molecule has 0 heterocycles. The zero-order chi connectivity index (χ0) is 40.7. The molecule has 0 aliphatic carbocycles. The molecular formula is C51H84O5. The Morgan fingerprint density at radius 2 is 0.821 bits per heavy atom. The van der Waals surface area contributed by atoms with Crippen molar-refractivity contribution in [1.82, 2.24) is 0 Å². The van der Waals surface area contributed by atoms with Gasteiger partial charge in [0.05, 0.1) is 6.61 Å². The van der Waals surface area contributed by atoms with Crippen LogP contribution in [0.4, 0.5) is 0 Å². The minimum Gasteiger partial charge on any atom is -0.462 e.